The molecule has 0 bridgehead atoms. The number of rotatable bonds is 15. The molecule has 0 saturated heterocycles. The minimum Gasteiger partial charge on any atom is -0.496 e. The highest BCUT2D eigenvalue weighted by atomic mass is 32.2. The SMILES string of the molecule is CCCCSc1nc(Cc2cc(C)c(N=Nc3cc(S(=O)(=O)O)c4cccc(S(=O)(=O)O)c4c3)cc2OC)nc(SCCCC)n1. The molecule has 0 amide bonds. The lowest BCUT2D eigenvalue weighted by molar-refractivity contribution is 0.410. The third kappa shape index (κ3) is 9.23. The molecule has 2 N–H and O–H groups in total. The minimum absolute atomic E-state index is 0.0648. The predicted molar refractivity (Wildman–Crippen MR) is 179 cm³/mol. The molecule has 0 aliphatic carbocycles. The van der Waals surface area contributed by atoms with Gasteiger partial charge in [-0.05, 0) is 49.6 Å². The van der Waals surface area contributed by atoms with Gasteiger partial charge >= 0.3 is 0 Å². The molecule has 4 rings (SSSR count). The lowest BCUT2D eigenvalue weighted by atomic mass is 10.1. The molecule has 0 aliphatic rings. The van der Waals surface area contributed by atoms with Gasteiger partial charge in [0.15, 0.2) is 10.3 Å². The summed E-state index contributed by atoms with van der Waals surface area (Å²) in [5.74, 6) is 2.96. The Hall–Kier alpha value is -3.15. The molecule has 0 aliphatic heterocycles. The average molecular weight is 706 g/mol. The first-order valence-electron chi connectivity index (χ1n) is 14.5. The number of aromatic nitrogens is 3. The van der Waals surface area contributed by atoms with Crippen LogP contribution in [-0.4, -0.2) is 59.5 Å². The number of benzene rings is 3. The van der Waals surface area contributed by atoms with Crippen molar-refractivity contribution in [2.45, 2.75) is 73.0 Å². The molecule has 0 fully saturated rings. The van der Waals surface area contributed by atoms with E-state index in [1.807, 2.05) is 13.0 Å². The van der Waals surface area contributed by atoms with Gasteiger partial charge in [0.1, 0.15) is 21.4 Å². The summed E-state index contributed by atoms with van der Waals surface area (Å²) in [6.07, 6.45) is 4.66. The van der Waals surface area contributed by atoms with Crippen LogP contribution >= 0.6 is 23.5 Å². The molecule has 1 heterocycles. The second-order valence-electron chi connectivity index (χ2n) is 10.3. The molecule has 16 heteroatoms. The van der Waals surface area contributed by atoms with E-state index in [0.29, 0.717) is 34.0 Å². The van der Waals surface area contributed by atoms with Crippen molar-refractivity contribution in [1.82, 2.24) is 15.0 Å². The third-order valence-electron chi connectivity index (χ3n) is 6.78. The molecular formula is C30H35N5O7S4. The number of methoxy groups -OCH3 is 1. The number of hydrogen-bond donors (Lipinski definition) is 2. The van der Waals surface area contributed by atoms with Gasteiger partial charge in [-0.15, -0.1) is 0 Å². The van der Waals surface area contributed by atoms with Crippen molar-refractivity contribution in [3.05, 3.63) is 59.4 Å². The van der Waals surface area contributed by atoms with E-state index in [1.54, 1.807) is 29.6 Å². The number of aryl methyl sites for hydroxylation is 1. The van der Waals surface area contributed by atoms with Crippen LogP contribution in [0.4, 0.5) is 11.4 Å². The Morgan fingerprint density at radius 3 is 2.00 bits per heavy atom. The molecule has 0 atom stereocenters. The molecule has 0 saturated carbocycles. The summed E-state index contributed by atoms with van der Waals surface area (Å²) in [5, 5.41) is 9.56. The maximum Gasteiger partial charge on any atom is 0.295 e. The zero-order valence-electron chi connectivity index (χ0n) is 25.8. The van der Waals surface area contributed by atoms with Crippen molar-refractivity contribution in [2.24, 2.45) is 10.2 Å². The van der Waals surface area contributed by atoms with Crippen molar-refractivity contribution >= 4 is 65.9 Å². The Bertz CT molecular complexity index is 1940. The van der Waals surface area contributed by atoms with Crippen LogP contribution in [0.3, 0.4) is 0 Å². The summed E-state index contributed by atoms with van der Waals surface area (Å²) < 4.78 is 73.6. The fourth-order valence-electron chi connectivity index (χ4n) is 4.46. The van der Waals surface area contributed by atoms with E-state index in [1.165, 1.54) is 25.3 Å². The summed E-state index contributed by atoms with van der Waals surface area (Å²) in [5.41, 5.74) is 1.87. The molecule has 4 aromatic rings. The summed E-state index contributed by atoms with van der Waals surface area (Å²) in [4.78, 5) is 13.0. The van der Waals surface area contributed by atoms with E-state index in [9.17, 15) is 25.9 Å². The van der Waals surface area contributed by atoms with Crippen molar-refractivity contribution in [3.8, 4) is 5.75 Å². The Balaban J connectivity index is 1.70. The fourth-order valence-corrected chi connectivity index (χ4v) is 7.82. The van der Waals surface area contributed by atoms with E-state index in [-0.39, 0.29) is 16.5 Å². The largest absolute Gasteiger partial charge is 0.496 e. The van der Waals surface area contributed by atoms with Gasteiger partial charge in [-0.1, -0.05) is 62.3 Å². The first-order valence-corrected chi connectivity index (χ1v) is 19.3. The molecular weight excluding hydrogens is 671 g/mol. The van der Waals surface area contributed by atoms with Gasteiger partial charge in [0.25, 0.3) is 20.2 Å². The van der Waals surface area contributed by atoms with Gasteiger partial charge in [0.2, 0.25) is 0 Å². The first kappa shape index (κ1) is 35.7. The maximum atomic E-state index is 12.2. The van der Waals surface area contributed by atoms with Crippen molar-refractivity contribution < 1.29 is 30.7 Å². The molecule has 12 nitrogen and oxygen atoms in total. The normalized spacial score (nSPS) is 12.3. The van der Waals surface area contributed by atoms with Crippen LogP contribution in [0.2, 0.25) is 0 Å². The Morgan fingerprint density at radius 1 is 0.804 bits per heavy atom. The zero-order valence-corrected chi connectivity index (χ0v) is 29.1. The van der Waals surface area contributed by atoms with Crippen LogP contribution in [-0.2, 0) is 26.7 Å². The molecule has 1 aromatic heterocycles. The van der Waals surface area contributed by atoms with E-state index in [0.717, 1.165) is 60.4 Å². The molecule has 0 spiro atoms. The highest BCUT2D eigenvalue weighted by molar-refractivity contribution is 7.99. The van der Waals surface area contributed by atoms with E-state index in [2.05, 4.69) is 29.1 Å². The second kappa shape index (κ2) is 15.6. The smallest absolute Gasteiger partial charge is 0.295 e. The van der Waals surface area contributed by atoms with Gasteiger partial charge < -0.3 is 4.74 Å². The first-order chi connectivity index (χ1) is 21.8. The average Bonchev–Trinajstić information content (AvgIpc) is 2.99. The van der Waals surface area contributed by atoms with Crippen LogP contribution in [0.15, 0.2) is 72.8 Å². The number of azo groups is 1. The van der Waals surface area contributed by atoms with Gasteiger partial charge in [-0.2, -0.15) is 32.0 Å². The Kier molecular flexibility index (Phi) is 12.1. The number of thioether (sulfide) groups is 2. The standard InChI is InChI=1S/C30H35N5O7S4/c1-5-7-12-43-29-31-28(32-30(33-29)44-13-8-6-2)15-20-14-19(3)24(18-25(20)42-4)35-34-21-16-23-22(27(17-21)46(39,40)41)10-9-11-26(23)45(36,37)38/h9-11,14,16-18H,5-8,12-13,15H2,1-4H3,(H,36,37,38)(H,39,40,41). The monoisotopic (exact) mass is 705 g/mol. The Morgan fingerprint density at radius 2 is 1.43 bits per heavy atom. The zero-order chi connectivity index (χ0) is 33.5. The molecule has 246 valence electrons. The van der Waals surface area contributed by atoms with Crippen LogP contribution in [0.25, 0.3) is 10.8 Å². The van der Waals surface area contributed by atoms with Crippen LogP contribution in [0.5, 0.6) is 5.75 Å². The third-order valence-corrected chi connectivity index (χ3v) is 10.5. The lowest BCUT2D eigenvalue weighted by Crippen LogP contribution is -2.04. The van der Waals surface area contributed by atoms with Crippen molar-refractivity contribution in [3.63, 3.8) is 0 Å². The quantitative estimate of drug-likeness (QED) is 0.0535. The summed E-state index contributed by atoms with van der Waals surface area (Å²) in [6.45, 7) is 6.10. The summed E-state index contributed by atoms with van der Waals surface area (Å²) in [7, 11) is -7.98. The van der Waals surface area contributed by atoms with Crippen molar-refractivity contribution in [2.75, 3.05) is 18.6 Å². The van der Waals surface area contributed by atoms with E-state index in [4.69, 9.17) is 14.7 Å². The number of hydrogen-bond acceptors (Lipinski definition) is 12. The molecule has 0 unspecified atom stereocenters. The fraction of sp³-hybridized carbons (Fsp3) is 0.367. The van der Waals surface area contributed by atoms with Crippen LogP contribution in [0, 0.1) is 6.92 Å². The molecule has 3 aromatic carbocycles. The number of ether oxygens (including phenoxy) is 1. The summed E-state index contributed by atoms with van der Waals surface area (Å²) in [6, 6.07) is 9.59. The van der Waals surface area contributed by atoms with E-state index < -0.39 is 30.0 Å². The van der Waals surface area contributed by atoms with Crippen LogP contribution < -0.4 is 4.74 Å². The number of fused-ring (bicyclic) bond motifs is 1. The van der Waals surface area contributed by atoms with Gasteiger partial charge in [-0.25, -0.2) is 9.97 Å². The Labute approximate surface area is 277 Å². The number of unbranched alkanes of at least 4 members (excludes halogenated alkanes) is 2. The van der Waals surface area contributed by atoms with Gasteiger partial charge in [0.05, 0.1) is 18.5 Å². The minimum atomic E-state index is -4.79. The molecule has 46 heavy (non-hydrogen) atoms. The predicted octanol–water partition coefficient (Wildman–Crippen LogP) is 7.63. The van der Waals surface area contributed by atoms with E-state index >= 15 is 0 Å². The highest BCUT2D eigenvalue weighted by Crippen LogP contribution is 2.35. The maximum absolute atomic E-state index is 12.2. The number of nitrogens with zero attached hydrogens (tertiary/aromatic N) is 5. The lowest BCUT2D eigenvalue weighted by Gasteiger charge is -2.12. The summed E-state index contributed by atoms with van der Waals surface area (Å²) >= 11 is 3.23. The van der Waals surface area contributed by atoms with Crippen LogP contribution in [0.1, 0.15) is 56.5 Å². The van der Waals surface area contributed by atoms with Crippen molar-refractivity contribution in [1.29, 1.82) is 0 Å². The topological polar surface area (TPSA) is 181 Å². The highest BCUT2D eigenvalue weighted by Gasteiger charge is 2.21. The second-order valence-corrected chi connectivity index (χ2v) is 15.2. The molecule has 0 radical (unpaired) electrons. The van der Waals surface area contributed by atoms with Gasteiger partial charge in [0, 0.05) is 40.3 Å². The van der Waals surface area contributed by atoms with Gasteiger partial charge in [-0.3, -0.25) is 9.11 Å².